The van der Waals surface area contributed by atoms with E-state index in [-0.39, 0.29) is 56.3 Å². The van der Waals surface area contributed by atoms with Crippen LogP contribution < -0.4 is 78.5 Å². The molecule has 1 amide bonds. The number of nitro benzene ring substituents is 1. The minimum atomic E-state index is -5.62. The highest BCUT2D eigenvalue weighted by Crippen LogP contribution is 2.43. The quantitative estimate of drug-likeness (QED) is 0.0244. The summed E-state index contributed by atoms with van der Waals surface area (Å²) in [6.45, 7) is 7.72. The van der Waals surface area contributed by atoms with Gasteiger partial charge in [-0.25, -0.2) is 33.9 Å². The van der Waals surface area contributed by atoms with E-state index >= 15 is 0 Å². The normalized spacial score (nSPS) is 16.2. The van der Waals surface area contributed by atoms with Gasteiger partial charge in [0.2, 0.25) is 10.0 Å². The summed E-state index contributed by atoms with van der Waals surface area (Å²) >= 11 is 0. The fourth-order valence-electron chi connectivity index (χ4n) is 19.1. The summed E-state index contributed by atoms with van der Waals surface area (Å²) in [5.74, 6) is -2.03. The van der Waals surface area contributed by atoms with Gasteiger partial charge >= 0.3 is 27.6 Å². The summed E-state index contributed by atoms with van der Waals surface area (Å²) in [4.78, 5) is 93.9. The number of H-pyrrole nitrogens is 5. The SMILES string of the molecule is CS(=O)(=O)Nc1cc(-c2n[nH]c(=O)c3ccccc23)ccc1N1CCCCCC1.NC1CCCCN(c2ccc(-c3n[nH]c(=O)c4ccccc34)cc2)C1.NC1CCCCN(c2ccc(-c3n[nH]c(=O)c4ccccc34)cc2[N+](=O)[O-])C1.O=C(Nc1cc(-c2n[nH]c(=O)c3ccccc23)ccc1N1CCCCCC1)C(F)(F)F.O=c1[nH]nc(-c2ccc(N3CCCCCC3)c(NS(=O)(=O)C(F)(F)F)c2)c2ccccc12. The maximum atomic E-state index is 13.1. The van der Waals surface area contributed by atoms with Crippen molar-refractivity contribution in [3.8, 4) is 56.3 Å². The molecule has 5 fully saturated rings. The number of nitro groups is 1. The molecule has 0 bridgehead atoms. The van der Waals surface area contributed by atoms with Crippen LogP contribution in [0.15, 0.2) is 242 Å². The van der Waals surface area contributed by atoms with E-state index in [9.17, 15) is 82.1 Å². The molecule has 41 heteroatoms. The van der Waals surface area contributed by atoms with Crippen LogP contribution in [0.1, 0.15) is 116 Å². The van der Waals surface area contributed by atoms with Crippen molar-refractivity contribution in [1.29, 1.82) is 0 Å². The molecule has 15 aromatic rings. The Balaban J connectivity index is 0.000000130. The number of halogens is 6. The molecule has 10 heterocycles. The zero-order chi connectivity index (χ0) is 102. The van der Waals surface area contributed by atoms with Gasteiger partial charge in [-0.1, -0.05) is 179 Å². The van der Waals surface area contributed by atoms with Crippen LogP contribution in [0.4, 0.5) is 77.5 Å². The summed E-state index contributed by atoms with van der Waals surface area (Å²) in [6.07, 6.45) is 14.8. The predicted molar refractivity (Wildman–Crippen MR) is 558 cm³/mol. The molecule has 2 unspecified atom stereocenters. The van der Waals surface area contributed by atoms with Gasteiger partial charge in [0.1, 0.15) is 5.69 Å². The van der Waals surface area contributed by atoms with Crippen molar-refractivity contribution >= 4 is 131 Å². The first-order chi connectivity index (χ1) is 69.7. The van der Waals surface area contributed by atoms with Crippen molar-refractivity contribution in [3.63, 3.8) is 0 Å². The summed E-state index contributed by atoms with van der Waals surface area (Å²) in [5.41, 5.74) is 15.2. The molecule has 10 aromatic carbocycles. The van der Waals surface area contributed by atoms with E-state index in [0.717, 1.165) is 162 Å². The van der Waals surface area contributed by atoms with E-state index < -0.39 is 43.2 Å². The minimum absolute atomic E-state index is 0.00610. The van der Waals surface area contributed by atoms with Gasteiger partial charge in [-0.3, -0.25) is 48.3 Å². The third-order valence-electron chi connectivity index (χ3n) is 26.2. The molecular weight excluding hydrogens is 1910 g/mol. The highest BCUT2D eigenvalue weighted by atomic mass is 32.2. The first kappa shape index (κ1) is 103. The number of nitrogens with one attached hydrogen (secondary N) is 8. The van der Waals surface area contributed by atoms with Gasteiger partial charge in [0, 0.05) is 144 Å². The number of aromatic amines is 5. The van der Waals surface area contributed by atoms with E-state index in [1.807, 2.05) is 80.7 Å². The standard InChI is InChI=1S/C22H21F3N4O2.C21H21F3N4O3S.C21H24N4O3S.C20H21N5O3.C20H22N4O/c23-22(24,25)21(31)26-17-13-14(9-10-18(17)29-11-5-1-2-6-12-29)19-15-7-3-4-8-16(15)20(30)28-27-19;22-21(23,24)32(30,31)27-17-13-14(9-10-18(17)28-11-5-1-2-6-12-28)19-15-7-3-4-8-16(15)20(29)26-25-19;1-29(27,28)24-18-14-15(10-11-19(18)25-12-6-2-3-7-13-25)20-16-8-4-5-9-17(16)21(26)23-22-20;21-14-5-3-4-10-24(12-14)17-9-8-13(11-18(17)25(27)28)19-15-6-1-2-7-16(15)20(26)23-22-19;21-15-5-3-4-12-24(13-15)16-10-8-14(9-11-16)19-17-6-1-2-7-18(17)20(25)23-22-19/h3-4,7-10,13H,1-2,5-6,11-12H2,(H,26,31)(H,28,30);3-4,7-10,13,27H,1-2,5-6,11-12H2,(H,26,29);4-5,8-11,14,24H,2-3,6-7,12-13H2,1H3,(H,23,26);1-2,6-9,11,14H,3-5,10,12,21H2,(H,23,26);1-2,6-11,15H,3-5,12-13,21H2,(H,23,25). The number of anilines is 8. The second-order valence-corrected chi connectivity index (χ2v) is 39.8. The molecule has 5 aliphatic heterocycles. The molecule has 2 atom stereocenters. The van der Waals surface area contributed by atoms with Gasteiger partial charge in [-0.2, -0.15) is 60.3 Å². The third-order valence-corrected chi connectivity index (χ3v) is 27.9. The monoisotopic (exact) mass is 2020 g/mol. The van der Waals surface area contributed by atoms with E-state index in [0.29, 0.717) is 138 Å². The summed E-state index contributed by atoms with van der Waals surface area (Å²) in [5, 5.41) is 53.0. The number of carbonyl (C=O) groups is 1. The van der Waals surface area contributed by atoms with Crippen LogP contribution in [0.2, 0.25) is 0 Å². The molecule has 5 aromatic heterocycles. The van der Waals surface area contributed by atoms with Crippen LogP contribution in [-0.4, -0.2) is 174 Å². The van der Waals surface area contributed by atoms with Crippen LogP contribution in [0.25, 0.3) is 110 Å². The van der Waals surface area contributed by atoms with E-state index in [4.69, 9.17) is 11.5 Å². The van der Waals surface area contributed by atoms with Gasteiger partial charge in [0.15, 0.2) is 0 Å². The van der Waals surface area contributed by atoms with E-state index in [1.165, 1.54) is 49.6 Å². The molecular formula is C104H109F6N21O12S2. The number of nitrogens with zero attached hydrogens (tertiary/aromatic N) is 11. The number of carbonyl (C=O) groups excluding carboxylic acids is 1. The Morgan fingerprint density at radius 3 is 0.966 bits per heavy atom. The molecule has 5 aliphatic rings. The first-order valence-corrected chi connectivity index (χ1v) is 51.5. The van der Waals surface area contributed by atoms with Crippen molar-refractivity contribution in [2.24, 2.45) is 11.5 Å². The maximum Gasteiger partial charge on any atom is 0.516 e. The lowest BCUT2D eigenvalue weighted by Crippen LogP contribution is -2.36. The van der Waals surface area contributed by atoms with Gasteiger partial charge in [-0.05, 0) is 149 Å². The van der Waals surface area contributed by atoms with Crippen LogP contribution >= 0.6 is 0 Å². The lowest BCUT2D eigenvalue weighted by atomic mass is 10.0. The van der Waals surface area contributed by atoms with Crippen molar-refractivity contribution < 1.29 is 52.9 Å². The smallest absolute Gasteiger partial charge is 0.370 e. The molecule has 12 N–H and O–H groups in total. The van der Waals surface area contributed by atoms with E-state index in [2.05, 4.69) is 89.8 Å². The van der Waals surface area contributed by atoms with Gasteiger partial charge < -0.3 is 41.3 Å². The fraction of sp³-hybridized carbons (Fsp3) is 0.317. The maximum absolute atomic E-state index is 13.1. The van der Waals surface area contributed by atoms with Crippen LogP contribution in [0.5, 0.6) is 0 Å². The number of fused-ring (bicyclic) bond motifs is 5. The predicted octanol–water partition coefficient (Wildman–Crippen LogP) is 17.8. The Kier molecular flexibility index (Phi) is 32.3. The molecule has 0 aliphatic carbocycles. The fourth-order valence-corrected chi connectivity index (χ4v) is 20.2. The average Bonchev–Trinajstić information content (AvgIpc) is 1.24. The lowest BCUT2D eigenvalue weighted by molar-refractivity contribution is -0.384. The van der Waals surface area contributed by atoms with Gasteiger partial charge in [0.05, 0.1) is 101 Å². The van der Waals surface area contributed by atoms with E-state index in [1.54, 1.807) is 120 Å². The Labute approximate surface area is 828 Å². The van der Waals surface area contributed by atoms with Crippen LogP contribution in [0, 0.1) is 10.1 Å². The number of rotatable bonds is 16. The van der Waals surface area contributed by atoms with Crippen molar-refractivity contribution in [3.05, 3.63) is 280 Å². The number of nitrogens with two attached hydrogens (primary N) is 2. The summed E-state index contributed by atoms with van der Waals surface area (Å²) < 4.78 is 131. The number of amides is 1. The van der Waals surface area contributed by atoms with Gasteiger partial charge in [0.25, 0.3) is 33.5 Å². The van der Waals surface area contributed by atoms with Gasteiger partial charge in [-0.15, -0.1) is 0 Å². The molecule has 0 spiro atoms. The first-order valence-electron chi connectivity index (χ1n) is 48.1. The number of aromatic nitrogens is 10. The number of alkyl halides is 6. The molecule has 0 saturated carbocycles. The average molecular weight is 2020 g/mol. The van der Waals surface area contributed by atoms with Crippen molar-refractivity contribution in [2.45, 2.75) is 139 Å². The zero-order valence-corrected chi connectivity index (χ0v) is 80.9. The second kappa shape index (κ2) is 45.6. The molecule has 145 heavy (non-hydrogen) atoms. The Bertz CT molecular complexity index is 7800. The van der Waals surface area contributed by atoms with Crippen LogP contribution in [0.3, 0.4) is 0 Å². The molecule has 0 radical (unpaired) electrons. The molecule has 756 valence electrons. The Morgan fingerprint density at radius 2 is 0.634 bits per heavy atom. The topological polar surface area (TPSA) is 462 Å². The number of benzene rings is 10. The third kappa shape index (κ3) is 24.8. The lowest BCUT2D eigenvalue weighted by Gasteiger charge is -2.26. The minimum Gasteiger partial charge on any atom is -0.370 e. The summed E-state index contributed by atoms with van der Waals surface area (Å²) in [7, 11) is -9.07. The molecule has 20 rings (SSSR count). The second-order valence-electron chi connectivity index (χ2n) is 36.4. The number of sulfonamides is 2. The highest BCUT2D eigenvalue weighted by molar-refractivity contribution is 7.93. The Morgan fingerprint density at radius 1 is 0.359 bits per heavy atom. The summed E-state index contributed by atoms with van der Waals surface area (Å²) in [6, 6.07) is 64.4. The molecule has 33 nitrogen and oxygen atoms in total. The highest BCUT2D eigenvalue weighted by Gasteiger charge is 2.47. The molecule has 5 saturated heterocycles. The largest absolute Gasteiger partial charge is 0.516 e. The number of hydrogen-bond acceptors (Lipinski definition) is 24. The van der Waals surface area contributed by atoms with Crippen molar-refractivity contribution in [2.75, 3.05) is 111 Å². The van der Waals surface area contributed by atoms with Crippen LogP contribution in [-0.2, 0) is 24.8 Å². The number of hydrogen-bond donors (Lipinski definition) is 10. The van der Waals surface area contributed by atoms with Crippen molar-refractivity contribution in [1.82, 2.24) is 51.0 Å². The zero-order valence-electron chi connectivity index (χ0n) is 79.3. The Hall–Kier alpha value is -15.2.